The Morgan fingerprint density at radius 3 is 2.43 bits per heavy atom. The van der Waals surface area contributed by atoms with E-state index in [0.717, 1.165) is 18.4 Å². The fraction of sp³-hybridized carbons (Fsp3) is 0.667. The van der Waals surface area contributed by atoms with Crippen molar-refractivity contribution in [2.75, 3.05) is 6.61 Å². The molecule has 0 aromatic carbocycles. The molecular weight excluding hydrogens is 88.1 g/mol. The van der Waals surface area contributed by atoms with Crippen LogP contribution in [0.3, 0.4) is 0 Å². The van der Waals surface area contributed by atoms with Crippen molar-refractivity contribution in [3.8, 4) is 0 Å². The van der Waals surface area contributed by atoms with Gasteiger partial charge in [0, 0.05) is 6.61 Å². The van der Waals surface area contributed by atoms with E-state index in [1.54, 1.807) is 0 Å². The molecule has 0 saturated carbocycles. The molecule has 0 aromatic heterocycles. The molecule has 42 valence electrons. The molecule has 7 heavy (non-hydrogen) atoms. The van der Waals surface area contributed by atoms with E-state index in [2.05, 4.69) is 6.58 Å². The van der Waals surface area contributed by atoms with Crippen molar-refractivity contribution in [2.45, 2.75) is 19.8 Å². The van der Waals surface area contributed by atoms with Crippen LogP contribution in [0.1, 0.15) is 19.8 Å². The molecule has 0 heterocycles. The van der Waals surface area contributed by atoms with E-state index in [1.807, 2.05) is 6.92 Å². The van der Waals surface area contributed by atoms with Gasteiger partial charge in [-0.3, -0.25) is 0 Å². The molecule has 1 nitrogen and oxygen atoms in total. The van der Waals surface area contributed by atoms with Crippen LogP contribution in [0.4, 0.5) is 0 Å². The summed E-state index contributed by atoms with van der Waals surface area (Å²) in [5.74, 6) is 0. The zero-order valence-electron chi connectivity index (χ0n) is 4.78. The van der Waals surface area contributed by atoms with Gasteiger partial charge >= 0.3 is 0 Å². The Morgan fingerprint density at radius 2 is 2.29 bits per heavy atom. The molecule has 0 fully saturated rings. The Hall–Kier alpha value is -0.300. The van der Waals surface area contributed by atoms with Crippen molar-refractivity contribution in [3.63, 3.8) is 0 Å². The van der Waals surface area contributed by atoms with Gasteiger partial charge in [0.1, 0.15) is 0 Å². The molecule has 0 atom stereocenters. The lowest BCUT2D eigenvalue weighted by molar-refractivity contribution is 0.298. The maximum absolute atomic E-state index is 8.31. The van der Waals surface area contributed by atoms with E-state index in [-0.39, 0.29) is 6.61 Å². The lowest BCUT2D eigenvalue weighted by atomic mass is 10.2. The van der Waals surface area contributed by atoms with Gasteiger partial charge in [0.15, 0.2) is 0 Å². The van der Waals surface area contributed by atoms with Crippen LogP contribution >= 0.6 is 0 Å². The van der Waals surface area contributed by atoms with E-state index in [1.165, 1.54) is 0 Å². The topological polar surface area (TPSA) is 20.2 Å². The van der Waals surface area contributed by atoms with E-state index in [0.29, 0.717) is 0 Å². The van der Waals surface area contributed by atoms with Crippen molar-refractivity contribution < 1.29 is 5.11 Å². The van der Waals surface area contributed by atoms with Gasteiger partial charge in [0.2, 0.25) is 0 Å². The Kier molecular flexibility index (Phi) is 3.71. The number of rotatable bonds is 3. The average molecular weight is 100 g/mol. The smallest absolute Gasteiger partial charge is 0.0468 e. The first kappa shape index (κ1) is 6.70. The maximum Gasteiger partial charge on any atom is 0.0468 e. The molecule has 0 aliphatic carbocycles. The van der Waals surface area contributed by atoms with Gasteiger partial charge < -0.3 is 5.11 Å². The quantitative estimate of drug-likeness (QED) is 0.530. The molecule has 0 aliphatic rings. The second-order valence-corrected chi connectivity index (χ2v) is 1.58. The fourth-order valence-electron chi connectivity index (χ4n) is 0.335. The van der Waals surface area contributed by atoms with Crippen molar-refractivity contribution in [1.29, 1.82) is 0 Å². The normalized spacial score (nSPS) is 8.86. The predicted molar refractivity (Wildman–Crippen MR) is 31.1 cm³/mol. The van der Waals surface area contributed by atoms with Crippen molar-refractivity contribution in [3.05, 3.63) is 12.2 Å². The van der Waals surface area contributed by atoms with Crippen LogP contribution in [0.15, 0.2) is 12.2 Å². The zero-order valence-corrected chi connectivity index (χ0v) is 4.78. The number of hydrogen-bond donors (Lipinski definition) is 1. The minimum absolute atomic E-state index is 0.243. The Labute approximate surface area is 44.7 Å². The molecule has 0 spiro atoms. The predicted octanol–water partition coefficient (Wildman–Crippen LogP) is 1.33. The summed E-state index contributed by atoms with van der Waals surface area (Å²) in [6.45, 7) is 5.99. The molecule has 0 saturated heterocycles. The Morgan fingerprint density at radius 1 is 1.71 bits per heavy atom. The maximum atomic E-state index is 8.31. The zero-order chi connectivity index (χ0) is 5.70. The largest absolute Gasteiger partial charge is 0.396 e. The van der Waals surface area contributed by atoms with E-state index >= 15 is 0 Å². The summed E-state index contributed by atoms with van der Waals surface area (Å²) in [7, 11) is 0. The summed E-state index contributed by atoms with van der Waals surface area (Å²) in [5, 5.41) is 8.31. The molecule has 0 bridgehead atoms. The Bertz CT molecular complexity index is 57.2. The van der Waals surface area contributed by atoms with Gasteiger partial charge in [-0.2, -0.15) is 0 Å². The van der Waals surface area contributed by atoms with Crippen molar-refractivity contribution in [1.82, 2.24) is 0 Å². The summed E-state index contributed by atoms with van der Waals surface area (Å²) in [5.41, 5.74) is 1.13. The lowest BCUT2D eigenvalue weighted by Crippen LogP contribution is -1.83. The minimum atomic E-state index is 0.243. The van der Waals surface area contributed by atoms with Crippen LogP contribution in [-0.2, 0) is 0 Å². The van der Waals surface area contributed by atoms with E-state index < -0.39 is 0 Å². The van der Waals surface area contributed by atoms with Gasteiger partial charge in [0.05, 0.1) is 0 Å². The average Bonchev–Trinajstić information content (AvgIpc) is 1.68. The molecule has 0 aromatic rings. The van der Waals surface area contributed by atoms with Crippen LogP contribution in [0.25, 0.3) is 0 Å². The second-order valence-electron chi connectivity index (χ2n) is 1.58. The van der Waals surface area contributed by atoms with Gasteiger partial charge in [-0.25, -0.2) is 0 Å². The first-order valence-electron chi connectivity index (χ1n) is 2.58. The molecule has 1 heteroatoms. The molecular formula is C6H12O. The lowest BCUT2D eigenvalue weighted by Gasteiger charge is -1.93. The molecule has 0 amide bonds. The molecule has 0 unspecified atom stereocenters. The first-order valence-corrected chi connectivity index (χ1v) is 2.58. The standard InChI is InChI=1S/C6H12O/c1-3-6(2)4-5-7/h7H,2-5H2,1H3. The van der Waals surface area contributed by atoms with Gasteiger partial charge in [0.25, 0.3) is 0 Å². The third kappa shape index (κ3) is 3.53. The summed E-state index contributed by atoms with van der Waals surface area (Å²) in [4.78, 5) is 0. The number of aliphatic hydroxyl groups is 1. The summed E-state index contributed by atoms with van der Waals surface area (Å²) in [6, 6.07) is 0. The third-order valence-electron chi connectivity index (χ3n) is 0.965. The summed E-state index contributed by atoms with van der Waals surface area (Å²) in [6.07, 6.45) is 1.75. The van der Waals surface area contributed by atoms with Gasteiger partial charge in [-0.15, -0.1) is 0 Å². The summed E-state index contributed by atoms with van der Waals surface area (Å²) >= 11 is 0. The Balaban J connectivity index is 3.00. The highest BCUT2D eigenvalue weighted by molar-refractivity contribution is 4.91. The highest BCUT2D eigenvalue weighted by Gasteiger charge is 1.84. The minimum Gasteiger partial charge on any atom is -0.396 e. The second kappa shape index (κ2) is 3.88. The molecule has 0 radical (unpaired) electrons. The van der Waals surface area contributed by atoms with Gasteiger partial charge in [-0.05, 0) is 12.8 Å². The fourth-order valence-corrected chi connectivity index (χ4v) is 0.335. The molecule has 0 rings (SSSR count). The number of aliphatic hydroxyl groups excluding tert-OH is 1. The first-order chi connectivity index (χ1) is 3.31. The number of hydrogen-bond acceptors (Lipinski definition) is 1. The molecule has 0 aliphatic heterocycles. The third-order valence-corrected chi connectivity index (χ3v) is 0.965. The van der Waals surface area contributed by atoms with Crippen molar-refractivity contribution >= 4 is 0 Å². The van der Waals surface area contributed by atoms with E-state index in [9.17, 15) is 0 Å². The summed E-state index contributed by atoms with van der Waals surface area (Å²) < 4.78 is 0. The SMILES string of the molecule is C=C(CC)CCO. The van der Waals surface area contributed by atoms with Crippen LogP contribution in [0.5, 0.6) is 0 Å². The van der Waals surface area contributed by atoms with Crippen molar-refractivity contribution in [2.24, 2.45) is 0 Å². The highest BCUT2D eigenvalue weighted by atomic mass is 16.2. The van der Waals surface area contributed by atoms with E-state index in [4.69, 9.17) is 5.11 Å². The van der Waals surface area contributed by atoms with Crippen LogP contribution in [-0.4, -0.2) is 11.7 Å². The van der Waals surface area contributed by atoms with Gasteiger partial charge in [-0.1, -0.05) is 19.1 Å². The highest BCUT2D eigenvalue weighted by Crippen LogP contribution is 1.99. The van der Waals surface area contributed by atoms with Crippen LogP contribution in [0, 0.1) is 0 Å². The van der Waals surface area contributed by atoms with Crippen LogP contribution < -0.4 is 0 Å². The monoisotopic (exact) mass is 100 g/mol. The van der Waals surface area contributed by atoms with Crippen LogP contribution in [0.2, 0.25) is 0 Å². The molecule has 1 N–H and O–H groups in total.